The number of aryl methyl sites for hydroxylation is 2. The van der Waals surface area contributed by atoms with Gasteiger partial charge in [-0.2, -0.15) is 0 Å². The molecule has 1 aromatic heterocycles. The number of imidazole rings is 1. The third-order valence-electron chi connectivity index (χ3n) is 4.05. The molecule has 1 amide bonds. The summed E-state index contributed by atoms with van der Waals surface area (Å²) in [6.45, 7) is 5.74. The first-order valence-corrected chi connectivity index (χ1v) is 7.59. The Hall–Kier alpha value is -2.14. The van der Waals surface area contributed by atoms with Crippen molar-refractivity contribution in [2.45, 2.75) is 26.4 Å². The van der Waals surface area contributed by atoms with Crippen LogP contribution in [-0.4, -0.2) is 40.5 Å². The molecule has 116 valence electrons. The Morgan fingerprint density at radius 3 is 2.95 bits per heavy atom. The predicted octanol–water partition coefficient (Wildman–Crippen LogP) is 2.17. The SMILES string of the molecule is Cc1cnc([C@H]2CN(C(=O)Cc3ccccc3C)CCO2)[nH]1. The summed E-state index contributed by atoms with van der Waals surface area (Å²) >= 11 is 0. The minimum absolute atomic E-state index is 0.144. The van der Waals surface area contributed by atoms with Crippen LogP contribution in [0.4, 0.5) is 0 Å². The lowest BCUT2D eigenvalue weighted by Gasteiger charge is -2.32. The van der Waals surface area contributed by atoms with Gasteiger partial charge >= 0.3 is 0 Å². The largest absolute Gasteiger partial charge is 0.367 e. The van der Waals surface area contributed by atoms with Crippen LogP contribution in [0, 0.1) is 13.8 Å². The molecule has 1 aliphatic heterocycles. The summed E-state index contributed by atoms with van der Waals surface area (Å²) in [6, 6.07) is 8.02. The average Bonchev–Trinajstić information content (AvgIpc) is 2.96. The fourth-order valence-corrected chi connectivity index (χ4v) is 2.72. The van der Waals surface area contributed by atoms with Gasteiger partial charge in [-0.25, -0.2) is 4.98 Å². The fraction of sp³-hybridized carbons (Fsp3) is 0.412. The van der Waals surface area contributed by atoms with Crippen LogP contribution in [0.25, 0.3) is 0 Å². The highest BCUT2D eigenvalue weighted by atomic mass is 16.5. The van der Waals surface area contributed by atoms with Gasteiger partial charge in [0, 0.05) is 18.4 Å². The molecule has 1 aromatic carbocycles. The zero-order valence-electron chi connectivity index (χ0n) is 13.0. The first-order chi connectivity index (χ1) is 10.6. The molecule has 0 saturated carbocycles. The summed E-state index contributed by atoms with van der Waals surface area (Å²) in [7, 11) is 0. The van der Waals surface area contributed by atoms with Gasteiger partial charge in [0.15, 0.2) is 0 Å². The van der Waals surface area contributed by atoms with Crippen LogP contribution in [0.3, 0.4) is 0 Å². The van der Waals surface area contributed by atoms with E-state index >= 15 is 0 Å². The zero-order chi connectivity index (χ0) is 15.5. The molecule has 1 aliphatic rings. The number of carbonyl (C=O) groups excluding carboxylic acids is 1. The van der Waals surface area contributed by atoms with Gasteiger partial charge in [0.1, 0.15) is 11.9 Å². The number of aromatic amines is 1. The summed E-state index contributed by atoms with van der Waals surface area (Å²) in [5, 5.41) is 0. The van der Waals surface area contributed by atoms with E-state index in [9.17, 15) is 4.79 Å². The molecule has 22 heavy (non-hydrogen) atoms. The van der Waals surface area contributed by atoms with Gasteiger partial charge < -0.3 is 14.6 Å². The molecule has 1 atom stereocenters. The van der Waals surface area contributed by atoms with Crippen LogP contribution in [-0.2, 0) is 16.0 Å². The summed E-state index contributed by atoms with van der Waals surface area (Å²) in [4.78, 5) is 21.9. The number of amides is 1. The molecule has 0 unspecified atom stereocenters. The number of morpholine rings is 1. The van der Waals surface area contributed by atoms with E-state index in [0.717, 1.165) is 22.6 Å². The number of benzene rings is 1. The molecule has 1 N–H and O–H groups in total. The highest BCUT2D eigenvalue weighted by molar-refractivity contribution is 5.79. The minimum Gasteiger partial charge on any atom is -0.367 e. The van der Waals surface area contributed by atoms with Crippen LogP contribution in [0.1, 0.15) is 28.7 Å². The van der Waals surface area contributed by atoms with Crippen molar-refractivity contribution in [2.24, 2.45) is 0 Å². The van der Waals surface area contributed by atoms with Crippen LogP contribution >= 0.6 is 0 Å². The molecular formula is C17H21N3O2. The summed E-state index contributed by atoms with van der Waals surface area (Å²) in [6.07, 6.45) is 2.06. The van der Waals surface area contributed by atoms with Crippen LogP contribution in [0.5, 0.6) is 0 Å². The summed E-state index contributed by atoms with van der Waals surface area (Å²) in [5.41, 5.74) is 3.24. The Morgan fingerprint density at radius 2 is 2.23 bits per heavy atom. The van der Waals surface area contributed by atoms with E-state index in [4.69, 9.17) is 4.74 Å². The van der Waals surface area contributed by atoms with E-state index in [1.807, 2.05) is 43.0 Å². The summed E-state index contributed by atoms with van der Waals surface area (Å²) < 4.78 is 5.74. The van der Waals surface area contributed by atoms with Crippen molar-refractivity contribution in [1.29, 1.82) is 0 Å². The topological polar surface area (TPSA) is 58.2 Å². The average molecular weight is 299 g/mol. The van der Waals surface area contributed by atoms with Crippen molar-refractivity contribution >= 4 is 5.91 Å². The second kappa shape index (κ2) is 6.32. The number of nitrogens with one attached hydrogen (secondary N) is 1. The number of rotatable bonds is 3. The maximum atomic E-state index is 12.5. The van der Waals surface area contributed by atoms with Crippen LogP contribution in [0.2, 0.25) is 0 Å². The van der Waals surface area contributed by atoms with Gasteiger partial charge in [0.05, 0.1) is 19.6 Å². The highest BCUT2D eigenvalue weighted by Crippen LogP contribution is 2.20. The Kier molecular flexibility index (Phi) is 4.24. The van der Waals surface area contributed by atoms with E-state index in [-0.39, 0.29) is 12.0 Å². The monoisotopic (exact) mass is 299 g/mol. The molecule has 5 nitrogen and oxygen atoms in total. The van der Waals surface area contributed by atoms with E-state index < -0.39 is 0 Å². The van der Waals surface area contributed by atoms with Crippen molar-refractivity contribution in [3.63, 3.8) is 0 Å². The van der Waals surface area contributed by atoms with Gasteiger partial charge in [-0.3, -0.25) is 4.79 Å². The fourth-order valence-electron chi connectivity index (χ4n) is 2.72. The van der Waals surface area contributed by atoms with Gasteiger partial charge in [-0.1, -0.05) is 24.3 Å². The van der Waals surface area contributed by atoms with Crippen molar-refractivity contribution in [3.05, 3.63) is 53.1 Å². The number of ether oxygens (including phenoxy) is 1. The van der Waals surface area contributed by atoms with Crippen LogP contribution in [0.15, 0.2) is 30.5 Å². The molecule has 0 radical (unpaired) electrons. The third kappa shape index (κ3) is 3.20. The Labute approximate surface area is 130 Å². The Bertz CT molecular complexity index is 665. The Balaban J connectivity index is 1.66. The number of H-pyrrole nitrogens is 1. The van der Waals surface area contributed by atoms with Crippen LogP contribution < -0.4 is 0 Å². The normalized spacial score (nSPS) is 18.5. The smallest absolute Gasteiger partial charge is 0.227 e. The quantitative estimate of drug-likeness (QED) is 0.945. The maximum absolute atomic E-state index is 12.5. The van der Waals surface area contributed by atoms with Gasteiger partial charge in [-0.15, -0.1) is 0 Å². The van der Waals surface area contributed by atoms with Gasteiger partial charge in [-0.05, 0) is 25.0 Å². The number of carbonyl (C=O) groups is 1. The van der Waals surface area contributed by atoms with Crippen molar-refractivity contribution < 1.29 is 9.53 Å². The predicted molar refractivity (Wildman–Crippen MR) is 83.5 cm³/mol. The molecule has 1 saturated heterocycles. The molecule has 3 rings (SSSR count). The lowest BCUT2D eigenvalue weighted by Crippen LogP contribution is -2.43. The Morgan fingerprint density at radius 1 is 1.41 bits per heavy atom. The van der Waals surface area contributed by atoms with E-state index in [1.54, 1.807) is 6.20 Å². The standard InChI is InChI=1S/C17H21N3O2/c1-12-5-3-4-6-14(12)9-16(21)20-7-8-22-15(11-20)17-18-10-13(2)19-17/h3-6,10,15H,7-9,11H2,1-2H3,(H,18,19)/t15-/m1/s1. The number of aromatic nitrogens is 2. The molecule has 2 aromatic rings. The maximum Gasteiger partial charge on any atom is 0.227 e. The molecule has 0 aliphatic carbocycles. The molecule has 5 heteroatoms. The second-order valence-corrected chi connectivity index (χ2v) is 5.75. The molecule has 2 heterocycles. The molecule has 0 spiro atoms. The minimum atomic E-state index is -0.164. The molecule has 1 fully saturated rings. The van der Waals surface area contributed by atoms with Gasteiger partial charge in [0.25, 0.3) is 0 Å². The number of hydrogen-bond acceptors (Lipinski definition) is 3. The van der Waals surface area contributed by atoms with E-state index in [0.29, 0.717) is 26.1 Å². The first-order valence-electron chi connectivity index (χ1n) is 7.59. The highest BCUT2D eigenvalue weighted by Gasteiger charge is 2.27. The van der Waals surface area contributed by atoms with Crippen molar-refractivity contribution in [3.8, 4) is 0 Å². The van der Waals surface area contributed by atoms with Gasteiger partial charge in [0.2, 0.25) is 5.91 Å². The van der Waals surface area contributed by atoms with E-state index in [2.05, 4.69) is 9.97 Å². The molecular weight excluding hydrogens is 278 g/mol. The zero-order valence-corrected chi connectivity index (χ0v) is 13.0. The summed E-state index contributed by atoms with van der Waals surface area (Å²) in [5.74, 6) is 0.941. The van der Waals surface area contributed by atoms with Crippen molar-refractivity contribution in [1.82, 2.24) is 14.9 Å². The second-order valence-electron chi connectivity index (χ2n) is 5.75. The molecule has 0 bridgehead atoms. The first kappa shape index (κ1) is 14.8. The van der Waals surface area contributed by atoms with E-state index in [1.165, 1.54) is 0 Å². The van der Waals surface area contributed by atoms with Crippen molar-refractivity contribution in [2.75, 3.05) is 19.7 Å². The lowest BCUT2D eigenvalue weighted by molar-refractivity contribution is -0.138. The third-order valence-corrected chi connectivity index (χ3v) is 4.05. The lowest BCUT2D eigenvalue weighted by atomic mass is 10.1. The number of hydrogen-bond donors (Lipinski definition) is 1. The number of nitrogens with zero attached hydrogens (tertiary/aromatic N) is 2.